The van der Waals surface area contributed by atoms with Gasteiger partial charge in [-0.15, -0.1) is 23.1 Å². The Morgan fingerprint density at radius 1 is 1.30 bits per heavy atom. The number of thiazole rings is 1. The Balaban J connectivity index is 2.09. The van der Waals surface area contributed by atoms with Gasteiger partial charge in [0.15, 0.2) is 5.13 Å². The number of aryl methyl sites for hydroxylation is 2. The number of aromatic nitrogens is 1. The Kier molecular flexibility index (Phi) is 7.25. The van der Waals surface area contributed by atoms with E-state index in [-0.39, 0.29) is 17.2 Å². The van der Waals surface area contributed by atoms with Crippen LogP contribution in [-0.4, -0.2) is 38.3 Å². The van der Waals surface area contributed by atoms with Gasteiger partial charge in [0, 0.05) is 4.88 Å². The average Bonchev–Trinajstić information content (AvgIpc) is 3.10. The molecule has 0 aliphatic carbocycles. The van der Waals surface area contributed by atoms with E-state index in [0.717, 1.165) is 21.2 Å². The number of hydrogen-bond acceptors (Lipinski definition) is 9. The largest absolute Gasteiger partial charge is 0.466 e. The van der Waals surface area contributed by atoms with Crippen LogP contribution in [0.15, 0.2) is 14.5 Å². The fraction of sp³-hybridized carbons (Fsp3) is 0.400. The van der Waals surface area contributed by atoms with Gasteiger partial charge in [-0.1, -0.05) is 11.3 Å². The fourth-order valence-corrected chi connectivity index (χ4v) is 6.15. The molecule has 0 saturated heterocycles. The second kappa shape index (κ2) is 9.04. The average molecular weight is 450 g/mol. The van der Waals surface area contributed by atoms with Crippen LogP contribution in [0.4, 0.5) is 9.93 Å². The van der Waals surface area contributed by atoms with Crippen LogP contribution in [0, 0.1) is 13.8 Å². The first kappa shape index (κ1) is 21.7. The number of anilines is 1. The Hall–Kier alpha value is -1.63. The molecule has 0 spiro atoms. The Morgan fingerprint density at radius 2 is 2.00 bits per heavy atom. The molecule has 2 amide bonds. The van der Waals surface area contributed by atoms with Crippen molar-refractivity contribution >= 4 is 61.6 Å². The number of urea groups is 1. The lowest BCUT2D eigenvalue weighted by Gasteiger charge is -2.05. The van der Waals surface area contributed by atoms with Crippen molar-refractivity contribution in [1.82, 2.24) is 9.71 Å². The van der Waals surface area contributed by atoms with Crippen LogP contribution in [0.1, 0.15) is 23.1 Å². The lowest BCUT2D eigenvalue weighted by atomic mass is 10.2. The second-order valence-corrected chi connectivity index (χ2v) is 10.4. The highest BCUT2D eigenvalue weighted by molar-refractivity contribution is 8.00. The van der Waals surface area contributed by atoms with E-state index in [1.165, 1.54) is 29.2 Å². The van der Waals surface area contributed by atoms with Crippen molar-refractivity contribution in [1.29, 1.82) is 0 Å². The van der Waals surface area contributed by atoms with Crippen LogP contribution in [-0.2, 0) is 26.0 Å². The minimum Gasteiger partial charge on any atom is -0.466 e. The third kappa shape index (κ3) is 5.67. The topological polar surface area (TPSA) is 114 Å². The number of carbonyl (C=O) groups excluding carboxylic acids is 2. The summed E-state index contributed by atoms with van der Waals surface area (Å²) in [4.78, 5) is 28.4. The third-order valence-electron chi connectivity index (χ3n) is 3.26. The number of rotatable bonds is 7. The van der Waals surface area contributed by atoms with Crippen molar-refractivity contribution in [2.24, 2.45) is 0 Å². The maximum absolute atomic E-state index is 12.4. The molecule has 2 aromatic heterocycles. The Labute approximate surface area is 169 Å². The van der Waals surface area contributed by atoms with Crippen molar-refractivity contribution in [2.45, 2.75) is 35.6 Å². The first-order valence-electron chi connectivity index (χ1n) is 7.76. The maximum Gasteiger partial charge on any atom is 0.334 e. The fourth-order valence-electron chi connectivity index (χ4n) is 2.06. The van der Waals surface area contributed by atoms with Crippen LogP contribution in [0.3, 0.4) is 0 Å². The van der Waals surface area contributed by atoms with E-state index in [1.54, 1.807) is 13.8 Å². The Morgan fingerprint density at radius 3 is 2.59 bits per heavy atom. The molecule has 0 unspecified atom stereocenters. The van der Waals surface area contributed by atoms with Gasteiger partial charge in [-0.05, 0) is 38.7 Å². The number of nitrogens with one attached hydrogen (secondary N) is 2. The van der Waals surface area contributed by atoms with E-state index in [2.05, 4.69) is 10.3 Å². The van der Waals surface area contributed by atoms with Crippen molar-refractivity contribution in [2.75, 3.05) is 18.2 Å². The minimum absolute atomic E-state index is 0.0120. The van der Waals surface area contributed by atoms with E-state index in [9.17, 15) is 18.0 Å². The number of nitrogens with zero attached hydrogens (tertiary/aromatic N) is 1. The highest BCUT2D eigenvalue weighted by Crippen LogP contribution is 2.30. The number of amides is 2. The van der Waals surface area contributed by atoms with Gasteiger partial charge in [0.05, 0.1) is 22.9 Å². The van der Waals surface area contributed by atoms with Crippen LogP contribution in [0.25, 0.3) is 0 Å². The molecule has 2 rings (SSSR count). The lowest BCUT2D eigenvalue weighted by molar-refractivity contribution is -0.142. The first-order chi connectivity index (χ1) is 12.7. The number of sulfonamides is 1. The summed E-state index contributed by atoms with van der Waals surface area (Å²) >= 11 is 3.69. The normalized spacial score (nSPS) is 11.3. The number of carbonyl (C=O) groups is 2. The molecule has 8 nitrogen and oxygen atoms in total. The summed E-state index contributed by atoms with van der Waals surface area (Å²) in [6.07, 6.45) is 1.88. The molecule has 0 aliphatic rings. The molecule has 2 N–H and O–H groups in total. The number of thiophene rings is 1. The van der Waals surface area contributed by atoms with Crippen LogP contribution < -0.4 is 10.0 Å². The molecular formula is C15H19N3O5S4. The quantitative estimate of drug-likeness (QED) is 0.493. The number of esters is 1. The molecule has 0 fully saturated rings. The van der Waals surface area contributed by atoms with Crippen molar-refractivity contribution in [3.05, 3.63) is 22.2 Å². The number of thioether (sulfide) groups is 1. The van der Waals surface area contributed by atoms with Crippen LogP contribution in [0.2, 0.25) is 0 Å². The number of hydrogen-bond donors (Lipinski definition) is 2. The second-order valence-electron chi connectivity index (χ2n) is 5.31. The molecule has 0 aliphatic heterocycles. The predicted molar refractivity (Wildman–Crippen MR) is 107 cm³/mol. The zero-order chi connectivity index (χ0) is 20.2. The first-order valence-corrected chi connectivity index (χ1v) is 12.1. The summed E-state index contributed by atoms with van der Waals surface area (Å²) in [6.45, 7) is 5.46. The molecule has 27 heavy (non-hydrogen) atoms. The third-order valence-corrected chi connectivity index (χ3v) is 8.59. The van der Waals surface area contributed by atoms with E-state index >= 15 is 0 Å². The van der Waals surface area contributed by atoms with Crippen molar-refractivity contribution in [3.8, 4) is 0 Å². The highest BCUT2D eigenvalue weighted by Gasteiger charge is 2.23. The van der Waals surface area contributed by atoms with Crippen molar-refractivity contribution < 1.29 is 22.7 Å². The van der Waals surface area contributed by atoms with Gasteiger partial charge < -0.3 is 4.74 Å². The zero-order valence-electron chi connectivity index (χ0n) is 15.1. The molecule has 2 aromatic rings. The molecular weight excluding hydrogens is 430 g/mol. The molecule has 0 bridgehead atoms. The number of ether oxygens (including phenoxy) is 1. The molecule has 2 heterocycles. The van der Waals surface area contributed by atoms with E-state index < -0.39 is 22.0 Å². The molecule has 0 aromatic carbocycles. The summed E-state index contributed by atoms with van der Waals surface area (Å²) in [5, 5.41) is 2.74. The van der Waals surface area contributed by atoms with Crippen molar-refractivity contribution in [3.63, 3.8) is 0 Å². The van der Waals surface area contributed by atoms with E-state index in [1.807, 2.05) is 17.9 Å². The smallest absolute Gasteiger partial charge is 0.334 e. The summed E-state index contributed by atoms with van der Waals surface area (Å²) < 4.78 is 32.6. The standard InChI is InChI=1S/C15H19N3O5S4/c1-5-23-11(19)7-10-8(2)6-12(25-10)27(21,22)18-14(20)17-15-16-9(3)13(24-4)26-15/h6H,5,7H2,1-4H3,(H2,16,17,18,20). The summed E-state index contributed by atoms with van der Waals surface area (Å²) in [6, 6.07) is 0.531. The monoisotopic (exact) mass is 449 g/mol. The lowest BCUT2D eigenvalue weighted by Crippen LogP contribution is -2.33. The summed E-state index contributed by atoms with van der Waals surface area (Å²) in [5.74, 6) is -0.430. The van der Waals surface area contributed by atoms with Gasteiger partial charge in [-0.3, -0.25) is 10.1 Å². The molecule has 0 radical (unpaired) electrons. The zero-order valence-corrected chi connectivity index (χ0v) is 18.4. The van der Waals surface area contributed by atoms with Gasteiger partial charge in [0.1, 0.15) is 4.21 Å². The van der Waals surface area contributed by atoms with Crippen LogP contribution in [0.5, 0.6) is 0 Å². The molecule has 12 heteroatoms. The van der Waals surface area contributed by atoms with Gasteiger partial charge >= 0.3 is 12.0 Å². The van der Waals surface area contributed by atoms with Gasteiger partial charge in [0.2, 0.25) is 0 Å². The Bertz CT molecular complexity index is 949. The van der Waals surface area contributed by atoms with Crippen LogP contribution >= 0.6 is 34.4 Å². The molecule has 0 saturated carbocycles. The summed E-state index contributed by atoms with van der Waals surface area (Å²) in [5.41, 5.74) is 1.41. The SMILES string of the molecule is CCOC(=O)Cc1sc(S(=O)(=O)NC(=O)Nc2nc(C)c(SC)s2)cc1C. The van der Waals surface area contributed by atoms with E-state index in [0.29, 0.717) is 15.6 Å². The van der Waals surface area contributed by atoms with E-state index in [4.69, 9.17) is 4.74 Å². The maximum atomic E-state index is 12.4. The van der Waals surface area contributed by atoms with Gasteiger partial charge in [-0.25, -0.2) is 22.9 Å². The molecule has 0 atom stereocenters. The summed E-state index contributed by atoms with van der Waals surface area (Å²) in [7, 11) is -4.06. The molecule has 148 valence electrons. The highest BCUT2D eigenvalue weighted by atomic mass is 32.2. The van der Waals surface area contributed by atoms with Gasteiger partial charge in [-0.2, -0.15) is 0 Å². The van der Waals surface area contributed by atoms with Gasteiger partial charge in [0.25, 0.3) is 10.0 Å². The predicted octanol–water partition coefficient (Wildman–Crippen LogP) is 3.16. The minimum atomic E-state index is -4.06.